The van der Waals surface area contributed by atoms with Gasteiger partial charge in [-0.2, -0.15) is 0 Å². The molecule has 4 heteroatoms. The third-order valence-corrected chi connectivity index (χ3v) is 0.518. The Bertz CT molecular complexity index is 188. The van der Waals surface area contributed by atoms with E-state index >= 15 is 0 Å². The van der Waals surface area contributed by atoms with Gasteiger partial charge in [0.1, 0.15) is 0 Å². The van der Waals surface area contributed by atoms with Gasteiger partial charge in [0.2, 0.25) is 5.91 Å². The Hall–Kier alpha value is -1.54. The van der Waals surface area contributed by atoms with E-state index in [1.807, 2.05) is 0 Å². The second-order valence-corrected chi connectivity index (χ2v) is 1.12. The Morgan fingerprint density at radius 2 is 2.44 bits per heavy atom. The number of allylic oxidation sites excluding steroid dienone is 2. The van der Waals surface area contributed by atoms with Crippen molar-refractivity contribution in [3.8, 4) is 0 Å². The molecule has 0 rings (SSSR count). The van der Waals surface area contributed by atoms with Gasteiger partial charge >= 0.3 is 0 Å². The molecule has 0 N–H and O–H groups in total. The first kappa shape index (κ1) is 7.46. The number of hydrogen-bond acceptors (Lipinski definition) is 1. The second-order valence-electron chi connectivity index (χ2n) is 1.12. The van der Waals surface area contributed by atoms with Crippen LogP contribution >= 0.6 is 0 Å². The Morgan fingerprint density at radius 3 is 2.89 bits per heavy atom. The van der Waals surface area contributed by atoms with E-state index in [-0.39, 0.29) is 0 Å². The van der Waals surface area contributed by atoms with Crippen molar-refractivity contribution in [1.29, 1.82) is 0 Å². The lowest BCUT2D eigenvalue weighted by atomic mass is 10.5. The van der Waals surface area contributed by atoms with E-state index in [4.69, 9.17) is 5.53 Å². The Morgan fingerprint density at radius 1 is 1.78 bits per heavy atom. The third-order valence-electron chi connectivity index (χ3n) is 0.518. The van der Waals surface area contributed by atoms with Gasteiger partial charge in [-0.1, -0.05) is 18.7 Å². The fraction of sp³-hybridized carbons (Fsp3) is 0. The van der Waals surface area contributed by atoms with E-state index in [9.17, 15) is 4.79 Å². The van der Waals surface area contributed by atoms with Crippen molar-refractivity contribution >= 4 is 5.91 Å². The summed E-state index contributed by atoms with van der Waals surface area (Å²) in [5, 5.41) is 2.77. The summed E-state index contributed by atoms with van der Waals surface area (Å²) in [6.45, 7) is 3.32. The summed E-state index contributed by atoms with van der Waals surface area (Å²) < 4.78 is 0. The summed E-state index contributed by atoms with van der Waals surface area (Å²) in [7, 11) is 0. The molecule has 4 nitrogen and oxygen atoms in total. The van der Waals surface area contributed by atoms with Crippen molar-refractivity contribution < 1.29 is 4.79 Å². The fourth-order valence-corrected chi connectivity index (χ4v) is 0.228. The maximum atomic E-state index is 10.2. The van der Waals surface area contributed by atoms with E-state index in [2.05, 4.69) is 16.6 Å². The van der Waals surface area contributed by atoms with Gasteiger partial charge in [0.15, 0.2) is 0 Å². The third kappa shape index (κ3) is 4.31. The van der Waals surface area contributed by atoms with Gasteiger partial charge in [0.05, 0.1) is 0 Å². The zero-order valence-electron chi connectivity index (χ0n) is 4.69. The van der Waals surface area contributed by atoms with E-state index in [1.54, 1.807) is 0 Å². The topological polar surface area (TPSA) is 65.8 Å². The molecule has 0 spiro atoms. The standard InChI is InChI=1S/C5H5N3O/c1-2-3-4-5(9)7-8-6/h2-4H,1H2/b4-3+. The van der Waals surface area contributed by atoms with Crippen molar-refractivity contribution in [3.05, 3.63) is 35.2 Å². The molecule has 0 aliphatic carbocycles. The highest BCUT2D eigenvalue weighted by molar-refractivity contribution is 5.88. The molecule has 0 unspecified atom stereocenters. The molecule has 0 fully saturated rings. The largest absolute Gasteiger partial charge is 0.288 e. The smallest absolute Gasteiger partial charge is 0.241 e. The SMILES string of the molecule is C=C/C=C/C(=O)N=[N+]=[N-]. The summed E-state index contributed by atoms with van der Waals surface area (Å²) in [4.78, 5) is 12.5. The van der Waals surface area contributed by atoms with Crippen LogP contribution in [0.25, 0.3) is 10.4 Å². The normalized spacial score (nSPS) is 8.44. The van der Waals surface area contributed by atoms with Crippen LogP contribution in [-0.4, -0.2) is 5.91 Å². The van der Waals surface area contributed by atoms with Crippen molar-refractivity contribution in [2.24, 2.45) is 5.11 Å². The molecule has 0 saturated carbocycles. The molecule has 0 aromatic rings. The minimum absolute atomic E-state index is 0.614. The van der Waals surface area contributed by atoms with Crippen molar-refractivity contribution in [2.45, 2.75) is 0 Å². The molecular formula is C5H5N3O. The molecule has 0 aliphatic rings. The van der Waals surface area contributed by atoms with Crippen LogP contribution in [0.5, 0.6) is 0 Å². The number of carbonyl (C=O) groups is 1. The highest BCUT2D eigenvalue weighted by atomic mass is 16.1. The van der Waals surface area contributed by atoms with Gasteiger partial charge in [-0.05, 0) is 16.7 Å². The molecule has 9 heavy (non-hydrogen) atoms. The maximum absolute atomic E-state index is 10.2. The molecule has 0 aromatic heterocycles. The lowest BCUT2D eigenvalue weighted by molar-refractivity contribution is -0.113. The highest BCUT2D eigenvalue weighted by Gasteiger charge is 1.83. The lowest BCUT2D eigenvalue weighted by Crippen LogP contribution is -1.80. The highest BCUT2D eigenvalue weighted by Crippen LogP contribution is 1.79. The molecule has 1 amide bonds. The summed E-state index contributed by atoms with van der Waals surface area (Å²) in [6.07, 6.45) is 3.95. The van der Waals surface area contributed by atoms with Crippen LogP contribution in [0.15, 0.2) is 29.9 Å². The van der Waals surface area contributed by atoms with Gasteiger partial charge in [0, 0.05) is 4.91 Å². The van der Waals surface area contributed by atoms with Crippen LogP contribution in [0.2, 0.25) is 0 Å². The second kappa shape index (κ2) is 4.61. The van der Waals surface area contributed by atoms with Crippen LogP contribution in [0.4, 0.5) is 0 Å². The molecule has 0 atom stereocenters. The van der Waals surface area contributed by atoms with E-state index in [0.29, 0.717) is 0 Å². The molecule has 0 radical (unpaired) electrons. The molecular weight excluding hydrogens is 118 g/mol. The van der Waals surface area contributed by atoms with Gasteiger partial charge < -0.3 is 0 Å². The van der Waals surface area contributed by atoms with Crippen LogP contribution < -0.4 is 0 Å². The minimum Gasteiger partial charge on any atom is -0.288 e. The number of carbonyl (C=O) groups excluding carboxylic acids is 1. The number of nitrogens with zero attached hydrogens (tertiary/aromatic N) is 3. The van der Waals surface area contributed by atoms with E-state index < -0.39 is 5.91 Å². The quantitative estimate of drug-likeness (QED) is 0.180. The molecule has 46 valence electrons. The Labute approximate surface area is 52.1 Å². The first-order valence-electron chi connectivity index (χ1n) is 2.19. The monoisotopic (exact) mass is 123 g/mol. The number of hydrogen-bond donors (Lipinski definition) is 0. The summed E-state index contributed by atoms with van der Waals surface area (Å²) >= 11 is 0. The first-order chi connectivity index (χ1) is 4.31. The van der Waals surface area contributed by atoms with Gasteiger partial charge in [-0.15, -0.1) is 0 Å². The fourth-order valence-electron chi connectivity index (χ4n) is 0.228. The average molecular weight is 123 g/mol. The van der Waals surface area contributed by atoms with Gasteiger partial charge in [-0.3, -0.25) is 4.79 Å². The van der Waals surface area contributed by atoms with E-state index in [1.165, 1.54) is 12.2 Å². The number of rotatable bonds is 2. The van der Waals surface area contributed by atoms with Crippen LogP contribution in [-0.2, 0) is 4.79 Å². The summed E-state index contributed by atoms with van der Waals surface area (Å²) in [6, 6.07) is 0. The first-order valence-corrected chi connectivity index (χ1v) is 2.19. The maximum Gasteiger partial charge on any atom is 0.241 e. The molecule has 0 saturated heterocycles. The summed E-state index contributed by atoms with van der Waals surface area (Å²) in [5.74, 6) is -0.614. The molecule has 0 bridgehead atoms. The van der Waals surface area contributed by atoms with Crippen LogP contribution in [0.1, 0.15) is 0 Å². The average Bonchev–Trinajstić information content (AvgIpc) is 1.85. The molecule has 0 heterocycles. The van der Waals surface area contributed by atoms with Gasteiger partial charge in [-0.25, -0.2) is 0 Å². The molecule has 0 aromatic carbocycles. The zero-order chi connectivity index (χ0) is 7.11. The van der Waals surface area contributed by atoms with Gasteiger partial charge in [0.25, 0.3) is 0 Å². The van der Waals surface area contributed by atoms with Crippen molar-refractivity contribution in [3.63, 3.8) is 0 Å². The lowest BCUT2D eigenvalue weighted by Gasteiger charge is -1.71. The predicted octanol–water partition coefficient (Wildman–Crippen LogP) is 1.57. The minimum atomic E-state index is -0.614. The number of amides is 1. The van der Waals surface area contributed by atoms with E-state index in [0.717, 1.165) is 6.08 Å². The Kier molecular flexibility index (Phi) is 3.83. The summed E-state index contributed by atoms with van der Waals surface area (Å²) in [5.41, 5.74) is 7.71. The van der Waals surface area contributed by atoms with Crippen LogP contribution in [0.3, 0.4) is 0 Å². The van der Waals surface area contributed by atoms with Crippen molar-refractivity contribution in [2.75, 3.05) is 0 Å². The number of azide groups is 1. The van der Waals surface area contributed by atoms with Crippen LogP contribution in [0, 0.1) is 0 Å². The molecule has 0 aliphatic heterocycles. The zero-order valence-corrected chi connectivity index (χ0v) is 4.69. The Balaban J connectivity index is 3.91. The van der Waals surface area contributed by atoms with Crippen molar-refractivity contribution in [1.82, 2.24) is 0 Å². The predicted molar refractivity (Wildman–Crippen MR) is 33.5 cm³/mol.